The number of carbonyl (C=O) groups is 1. The first kappa shape index (κ1) is 20.3. The molecule has 0 aliphatic carbocycles. The average molecular weight is 403 g/mol. The van der Waals surface area contributed by atoms with Crippen molar-refractivity contribution < 1.29 is 9.18 Å². The zero-order chi connectivity index (χ0) is 20.4. The van der Waals surface area contributed by atoms with Crippen LogP contribution in [0.2, 0.25) is 5.02 Å². The first-order chi connectivity index (χ1) is 13.3. The van der Waals surface area contributed by atoms with E-state index in [1.165, 1.54) is 12.1 Å². The van der Waals surface area contributed by atoms with Crippen LogP contribution in [0.15, 0.2) is 30.3 Å². The molecule has 2 aromatic carbocycles. The molecule has 3 aromatic rings. The maximum atomic E-state index is 13.7. The summed E-state index contributed by atoms with van der Waals surface area (Å²) >= 11 is 5.84. The molecular weight excluding hydrogens is 379 g/mol. The fourth-order valence-corrected chi connectivity index (χ4v) is 3.50. The van der Waals surface area contributed by atoms with Crippen LogP contribution in [0.4, 0.5) is 4.39 Å². The lowest BCUT2D eigenvalue weighted by Gasteiger charge is -2.27. The Balaban J connectivity index is 1.85. The van der Waals surface area contributed by atoms with Crippen LogP contribution in [0.5, 0.6) is 0 Å². The summed E-state index contributed by atoms with van der Waals surface area (Å²) in [5.74, 6) is 0.000530. The monoisotopic (exact) mass is 402 g/mol. The second kappa shape index (κ2) is 8.29. The van der Waals surface area contributed by atoms with Gasteiger partial charge in [-0.3, -0.25) is 9.69 Å². The summed E-state index contributed by atoms with van der Waals surface area (Å²) in [4.78, 5) is 22.4. The van der Waals surface area contributed by atoms with E-state index in [-0.39, 0.29) is 17.1 Å². The lowest BCUT2D eigenvalue weighted by Crippen LogP contribution is -2.46. The van der Waals surface area contributed by atoms with Crippen LogP contribution in [0.25, 0.3) is 22.4 Å². The van der Waals surface area contributed by atoms with Gasteiger partial charge in [-0.15, -0.1) is 0 Å². The lowest BCUT2D eigenvalue weighted by molar-refractivity contribution is 0.0875. The number of carbonyl (C=O) groups excluding carboxylic acids is 1. The van der Waals surface area contributed by atoms with E-state index in [9.17, 15) is 9.18 Å². The van der Waals surface area contributed by atoms with Gasteiger partial charge in [0.25, 0.3) is 5.91 Å². The topological polar surface area (TPSA) is 61.0 Å². The minimum absolute atomic E-state index is 0.0385. The van der Waals surface area contributed by atoms with Gasteiger partial charge >= 0.3 is 0 Å². The van der Waals surface area contributed by atoms with Gasteiger partial charge in [-0.05, 0) is 50.7 Å². The van der Waals surface area contributed by atoms with Crippen molar-refractivity contribution in [2.45, 2.75) is 33.9 Å². The summed E-state index contributed by atoms with van der Waals surface area (Å²) in [5, 5.41) is 3.06. The third-order valence-corrected chi connectivity index (χ3v) is 5.26. The van der Waals surface area contributed by atoms with Crippen LogP contribution in [0.3, 0.4) is 0 Å². The van der Waals surface area contributed by atoms with Crippen molar-refractivity contribution in [3.63, 3.8) is 0 Å². The van der Waals surface area contributed by atoms with Crippen molar-refractivity contribution in [1.29, 1.82) is 0 Å². The van der Waals surface area contributed by atoms with E-state index in [1.807, 2.05) is 26.0 Å². The van der Waals surface area contributed by atoms with E-state index < -0.39 is 5.82 Å². The molecule has 1 atom stereocenters. The van der Waals surface area contributed by atoms with Crippen molar-refractivity contribution in [1.82, 2.24) is 20.2 Å². The van der Waals surface area contributed by atoms with Crippen molar-refractivity contribution in [2.75, 3.05) is 13.1 Å². The third-order valence-electron chi connectivity index (χ3n) is 4.97. The highest BCUT2D eigenvalue weighted by molar-refractivity contribution is 6.31. The Hall–Kier alpha value is -2.44. The number of H-pyrrole nitrogens is 1. The quantitative estimate of drug-likeness (QED) is 0.585. The SMILES string of the molecule is CCN(CC)C(C)NC(=O)c1ccc(-c2nc3cc(Cl)c(F)cc3[nH]2)c(C)c1. The number of halogens is 2. The Morgan fingerprint density at radius 3 is 2.64 bits per heavy atom. The number of fused-ring (bicyclic) bond motifs is 1. The standard InChI is InChI=1S/C21H24ClFN4O/c1-5-27(6-2)13(4)24-21(28)14-7-8-15(12(3)9-14)20-25-18-10-16(22)17(23)11-19(18)26-20/h7-11,13H,5-6H2,1-4H3,(H,24,28)(H,25,26). The molecule has 28 heavy (non-hydrogen) atoms. The summed E-state index contributed by atoms with van der Waals surface area (Å²) in [5.41, 5.74) is 3.50. The van der Waals surface area contributed by atoms with Gasteiger partial charge in [0.2, 0.25) is 0 Å². The first-order valence-electron chi connectivity index (χ1n) is 9.34. The molecule has 7 heteroatoms. The Labute approximate surface area is 168 Å². The largest absolute Gasteiger partial charge is 0.338 e. The van der Waals surface area contributed by atoms with Gasteiger partial charge in [0.15, 0.2) is 0 Å². The number of hydrogen-bond acceptors (Lipinski definition) is 3. The highest BCUT2D eigenvalue weighted by Gasteiger charge is 2.16. The van der Waals surface area contributed by atoms with Crippen LogP contribution in [0.1, 0.15) is 36.7 Å². The van der Waals surface area contributed by atoms with E-state index in [1.54, 1.807) is 6.07 Å². The lowest BCUT2D eigenvalue weighted by atomic mass is 10.0. The number of rotatable bonds is 6. The van der Waals surface area contributed by atoms with Crippen molar-refractivity contribution >= 4 is 28.5 Å². The second-order valence-electron chi connectivity index (χ2n) is 6.77. The minimum Gasteiger partial charge on any atom is -0.338 e. The van der Waals surface area contributed by atoms with Gasteiger partial charge in [0.05, 0.1) is 22.2 Å². The number of nitrogens with zero attached hydrogens (tertiary/aromatic N) is 2. The van der Waals surface area contributed by atoms with Gasteiger partial charge in [-0.2, -0.15) is 0 Å². The number of aromatic amines is 1. The molecule has 1 unspecified atom stereocenters. The van der Waals surface area contributed by atoms with Gasteiger partial charge < -0.3 is 10.3 Å². The van der Waals surface area contributed by atoms with Gasteiger partial charge in [-0.1, -0.05) is 31.5 Å². The van der Waals surface area contributed by atoms with Crippen molar-refractivity contribution in [2.24, 2.45) is 0 Å². The van der Waals surface area contributed by atoms with Crippen molar-refractivity contribution in [3.05, 3.63) is 52.3 Å². The number of imidazole rings is 1. The second-order valence-corrected chi connectivity index (χ2v) is 7.18. The molecular formula is C21H24ClFN4O. The minimum atomic E-state index is -0.490. The van der Waals surface area contributed by atoms with E-state index >= 15 is 0 Å². The van der Waals surface area contributed by atoms with Crippen LogP contribution >= 0.6 is 11.6 Å². The van der Waals surface area contributed by atoms with E-state index in [4.69, 9.17) is 11.6 Å². The molecule has 1 aromatic heterocycles. The predicted molar refractivity (Wildman–Crippen MR) is 111 cm³/mol. The molecule has 148 valence electrons. The molecule has 0 spiro atoms. The van der Waals surface area contributed by atoms with E-state index in [0.717, 1.165) is 24.2 Å². The van der Waals surface area contributed by atoms with E-state index in [0.29, 0.717) is 22.4 Å². The molecule has 0 saturated heterocycles. The number of hydrogen-bond donors (Lipinski definition) is 2. The molecule has 1 amide bonds. The normalized spacial score (nSPS) is 12.5. The van der Waals surface area contributed by atoms with Crippen LogP contribution in [-0.2, 0) is 0 Å². The maximum absolute atomic E-state index is 13.7. The van der Waals surface area contributed by atoms with Crippen LogP contribution in [-0.4, -0.2) is 40.0 Å². The molecule has 0 aliphatic heterocycles. The molecule has 3 rings (SSSR count). The number of aromatic nitrogens is 2. The average Bonchev–Trinajstić information content (AvgIpc) is 3.05. The van der Waals surface area contributed by atoms with Gasteiger partial charge in [-0.25, -0.2) is 9.37 Å². The third kappa shape index (κ3) is 4.03. The number of nitrogens with one attached hydrogen (secondary N) is 2. The molecule has 1 heterocycles. The first-order valence-corrected chi connectivity index (χ1v) is 9.72. The summed E-state index contributed by atoms with van der Waals surface area (Å²) in [7, 11) is 0. The fraction of sp³-hybridized carbons (Fsp3) is 0.333. The smallest absolute Gasteiger partial charge is 0.252 e. The Morgan fingerprint density at radius 1 is 1.29 bits per heavy atom. The number of aryl methyl sites for hydroxylation is 1. The zero-order valence-corrected chi connectivity index (χ0v) is 17.2. The molecule has 5 nitrogen and oxygen atoms in total. The van der Waals surface area contributed by atoms with Crippen LogP contribution < -0.4 is 5.32 Å². The molecule has 0 fully saturated rings. The molecule has 0 radical (unpaired) electrons. The predicted octanol–water partition coefficient (Wildman–Crippen LogP) is 4.75. The number of benzene rings is 2. The summed E-state index contributed by atoms with van der Waals surface area (Å²) in [6.45, 7) is 9.76. The molecule has 0 saturated carbocycles. The maximum Gasteiger partial charge on any atom is 0.252 e. The number of amides is 1. The highest BCUT2D eigenvalue weighted by Crippen LogP contribution is 2.27. The van der Waals surface area contributed by atoms with Gasteiger partial charge in [0, 0.05) is 17.2 Å². The highest BCUT2D eigenvalue weighted by atomic mass is 35.5. The summed E-state index contributed by atoms with van der Waals surface area (Å²) in [6.07, 6.45) is -0.0440. The molecule has 2 N–H and O–H groups in total. The Kier molecular flexibility index (Phi) is 6.01. The fourth-order valence-electron chi connectivity index (χ4n) is 3.34. The Bertz CT molecular complexity index is 974. The molecule has 0 bridgehead atoms. The molecule has 0 aliphatic rings. The summed E-state index contributed by atoms with van der Waals surface area (Å²) in [6, 6.07) is 8.29. The van der Waals surface area contributed by atoms with Gasteiger partial charge in [0.1, 0.15) is 11.6 Å². The Morgan fingerprint density at radius 2 is 2.00 bits per heavy atom. The van der Waals surface area contributed by atoms with Crippen molar-refractivity contribution in [3.8, 4) is 11.4 Å². The van der Waals surface area contributed by atoms with Crippen LogP contribution in [0, 0.1) is 12.7 Å². The van der Waals surface area contributed by atoms with E-state index in [2.05, 4.69) is 34.0 Å². The summed E-state index contributed by atoms with van der Waals surface area (Å²) < 4.78 is 13.7. The zero-order valence-electron chi connectivity index (χ0n) is 16.4.